The highest BCUT2D eigenvalue weighted by atomic mass is 15.2. The van der Waals surface area contributed by atoms with Crippen LogP contribution in [0.3, 0.4) is 0 Å². The summed E-state index contributed by atoms with van der Waals surface area (Å²) in [7, 11) is 4.32. The van der Waals surface area contributed by atoms with Crippen molar-refractivity contribution >= 4 is 0 Å². The molecule has 0 radical (unpaired) electrons. The second-order valence-electron chi connectivity index (χ2n) is 5.19. The quantitative estimate of drug-likeness (QED) is 0.709. The standard InChI is InChI=1S/C13H29N3/c1-4-9-16(11-6-10-15(2)3)13-7-5-8-14-12-13/h13-14H,4-12H2,1-3H3. The number of nitrogens with one attached hydrogen (secondary N) is 1. The van der Waals surface area contributed by atoms with E-state index in [0.29, 0.717) is 0 Å². The summed E-state index contributed by atoms with van der Waals surface area (Å²) in [6.45, 7) is 8.43. The van der Waals surface area contributed by atoms with Crippen molar-refractivity contribution in [2.24, 2.45) is 0 Å². The topological polar surface area (TPSA) is 18.5 Å². The first-order valence-electron chi connectivity index (χ1n) is 6.83. The van der Waals surface area contributed by atoms with E-state index < -0.39 is 0 Å². The SMILES string of the molecule is CCCN(CCCN(C)C)C1CCCNC1. The molecule has 1 saturated heterocycles. The Morgan fingerprint density at radius 3 is 2.56 bits per heavy atom. The third kappa shape index (κ3) is 5.28. The largest absolute Gasteiger partial charge is 0.315 e. The first kappa shape index (κ1) is 13.9. The third-order valence-corrected chi connectivity index (χ3v) is 3.35. The second kappa shape index (κ2) is 8.04. The molecule has 0 bridgehead atoms. The normalized spacial score (nSPS) is 21.9. The summed E-state index contributed by atoms with van der Waals surface area (Å²) in [5, 5.41) is 3.52. The highest BCUT2D eigenvalue weighted by Gasteiger charge is 2.19. The van der Waals surface area contributed by atoms with E-state index in [1.165, 1.54) is 58.4 Å². The minimum absolute atomic E-state index is 0.788. The lowest BCUT2D eigenvalue weighted by Gasteiger charge is -2.34. The van der Waals surface area contributed by atoms with Gasteiger partial charge < -0.3 is 10.2 Å². The molecular weight excluding hydrogens is 198 g/mol. The predicted octanol–water partition coefficient (Wildman–Crippen LogP) is 1.40. The lowest BCUT2D eigenvalue weighted by Crippen LogP contribution is -2.47. The van der Waals surface area contributed by atoms with Gasteiger partial charge in [-0.25, -0.2) is 0 Å². The van der Waals surface area contributed by atoms with E-state index in [1.54, 1.807) is 0 Å². The summed E-state index contributed by atoms with van der Waals surface area (Å²) in [6, 6.07) is 0.788. The molecule has 1 unspecified atom stereocenters. The Bertz CT molecular complexity index is 165. The van der Waals surface area contributed by atoms with Gasteiger partial charge in [0.2, 0.25) is 0 Å². The lowest BCUT2D eigenvalue weighted by atomic mass is 10.1. The van der Waals surface area contributed by atoms with Gasteiger partial charge in [-0.1, -0.05) is 6.92 Å². The highest BCUT2D eigenvalue weighted by Crippen LogP contribution is 2.11. The summed E-state index contributed by atoms with van der Waals surface area (Å²) in [4.78, 5) is 4.97. The van der Waals surface area contributed by atoms with Gasteiger partial charge in [0.1, 0.15) is 0 Å². The van der Waals surface area contributed by atoms with E-state index in [2.05, 4.69) is 36.1 Å². The summed E-state index contributed by atoms with van der Waals surface area (Å²) >= 11 is 0. The van der Waals surface area contributed by atoms with Crippen LogP contribution in [0.4, 0.5) is 0 Å². The average molecular weight is 227 g/mol. The molecule has 0 saturated carbocycles. The van der Waals surface area contributed by atoms with Gasteiger partial charge in [0.25, 0.3) is 0 Å². The number of piperidine rings is 1. The molecule has 1 rings (SSSR count). The Morgan fingerprint density at radius 1 is 1.19 bits per heavy atom. The molecule has 3 heteroatoms. The Hall–Kier alpha value is -0.120. The van der Waals surface area contributed by atoms with E-state index in [4.69, 9.17) is 0 Å². The van der Waals surface area contributed by atoms with E-state index in [0.717, 1.165) is 6.04 Å². The van der Waals surface area contributed by atoms with Crippen LogP contribution in [0.1, 0.15) is 32.6 Å². The maximum atomic E-state index is 3.52. The van der Waals surface area contributed by atoms with Gasteiger partial charge in [0.05, 0.1) is 0 Å². The number of hydrogen-bond acceptors (Lipinski definition) is 3. The van der Waals surface area contributed by atoms with Crippen molar-refractivity contribution in [3.05, 3.63) is 0 Å². The molecule has 0 amide bonds. The molecule has 1 heterocycles. The van der Waals surface area contributed by atoms with E-state index in [-0.39, 0.29) is 0 Å². The van der Waals surface area contributed by atoms with Gasteiger partial charge in [0, 0.05) is 12.6 Å². The maximum Gasteiger partial charge on any atom is 0.0221 e. The van der Waals surface area contributed by atoms with Crippen LogP contribution >= 0.6 is 0 Å². The molecule has 96 valence electrons. The molecule has 16 heavy (non-hydrogen) atoms. The van der Waals surface area contributed by atoms with Crippen molar-refractivity contribution in [1.82, 2.24) is 15.1 Å². The summed E-state index contributed by atoms with van der Waals surface area (Å²) in [5.74, 6) is 0. The molecule has 1 atom stereocenters. The van der Waals surface area contributed by atoms with Crippen LogP contribution in [0.2, 0.25) is 0 Å². The molecule has 1 fully saturated rings. The van der Waals surface area contributed by atoms with E-state index in [1.807, 2.05) is 0 Å². The van der Waals surface area contributed by atoms with Gasteiger partial charge in [-0.2, -0.15) is 0 Å². The van der Waals surface area contributed by atoms with Gasteiger partial charge in [0.15, 0.2) is 0 Å². The number of hydrogen-bond donors (Lipinski definition) is 1. The van der Waals surface area contributed by atoms with Gasteiger partial charge >= 0.3 is 0 Å². The molecule has 1 aliphatic rings. The fourth-order valence-corrected chi connectivity index (χ4v) is 2.50. The Labute approximate surface area is 101 Å². The average Bonchev–Trinajstić information content (AvgIpc) is 2.29. The van der Waals surface area contributed by atoms with Gasteiger partial charge in [-0.3, -0.25) is 4.90 Å². The van der Waals surface area contributed by atoms with Crippen molar-refractivity contribution in [2.45, 2.75) is 38.6 Å². The van der Waals surface area contributed by atoms with Crippen LogP contribution in [-0.2, 0) is 0 Å². The second-order valence-corrected chi connectivity index (χ2v) is 5.19. The lowest BCUT2D eigenvalue weighted by molar-refractivity contribution is 0.159. The predicted molar refractivity (Wildman–Crippen MR) is 70.9 cm³/mol. The van der Waals surface area contributed by atoms with Crippen molar-refractivity contribution in [3.63, 3.8) is 0 Å². The molecule has 1 N–H and O–H groups in total. The van der Waals surface area contributed by atoms with E-state index >= 15 is 0 Å². The molecule has 3 nitrogen and oxygen atoms in total. The van der Waals surface area contributed by atoms with Crippen LogP contribution in [-0.4, -0.2) is 62.7 Å². The molecule has 0 spiro atoms. The van der Waals surface area contributed by atoms with Crippen LogP contribution in [0.5, 0.6) is 0 Å². The van der Waals surface area contributed by atoms with Crippen LogP contribution in [0.25, 0.3) is 0 Å². The fraction of sp³-hybridized carbons (Fsp3) is 1.00. The van der Waals surface area contributed by atoms with Crippen LogP contribution in [0.15, 0.2) is 0 Å². The molecule has 0 aromatic carbocycles. The zero-order chi connectivity index (χ0) is 11.8. The minimum atomic E-state index is 0.788. The zero-order valence-electron chi connectivity index (χ0n) is 11.3. The minimum Gasteiger partial charge on any atom is -0.315 e. The molecule has 0 aliphatic carbocycles. The van der Waals surface area contributed by atoms with Gasteiger partial charge in [-0.05, 0) is 66.0 Å². The van der Waals surface area contributed by atoms with Gasteiger partial charge in [-0.15, -0.1) is 0 Å². The maximum absolute atomic E-state index is 3.52. The van der Waals surface area contributed by atoms with Crippen molar-refractivity contribution in [1.29, 1.82) is 0 Å². The monoisotopic (exact) mass is 227 g/mol. The Morgan fingerprint density at radius 2 is 2.00 bits per heavy atom. The summed E-state index contributed by atoms with van der Waals surface area (Å²) in [6.07, 6.45) is 5.30. The van der Waals surface area contributed by atoms with Crippen LogP contribution in [0, 0.1) is 0 Å². The van der Waals surface area contributed by atoms with Crippen LogP contribution < -0.4 is 5.32 Å². The molecule has 1 aliphatic heterocycles. The third-order valence-electron chi connectivity index (χ3n) is 3.35. The fourth-order valence-electron chi connectivity index (χ4n) is 2.50. The van der Waals surface area contributed by atoms with Crippen molar-refractivity contribution in [3.8, 4) is 0 Å². The van der Waals surface area contributed by atoms with Crippen molar-refractivity contribution in [2.75, 3.05) is 46.8 Å². The number of nitrogens with zero attached hydrogens (tertiary/aromatic N) is 2. The number of rotatable bonds is 7. The summed E-state index contributed by atoms with van der Waals surface area (Å²) in [5.41, 5.74) is 0. The van der Waals surface area contributed by atoms with E-state index in [9.17, 15) is 0 Å². The smallest absolute Gasteiger partial charge is 0.0221 e. The molecular formula is C13H29N3. The molecule has 0 aromatic heterocycles. The Kier molecular flexibility index (Phi) is 7.01. The first-order valence-corrected chi connectivity index (χ1v) is 6.83. The molecule has 0 aromatic rings. The Balaban J connectivity index is 2.27. The highest BCUT2D eigenvalue weighted by molar-refractivity contribution is 4.78. The zero-order valence-corrected chi connectivity index (χ0v) is 11.3. The van der Waals surface area contributed by atoms with Crippen molar-refractivity contribution < 1.29 is 0 Å². The first-order chi connectivity index (χ1) is 7.74. The summed E-state index contributed by atoms with van der Waals surface area (Å²) < 4.78 is 0.